The highest BCUT2D eigenvalue weighted by atomic mass is 35.5. The lowest BCUT2D eigenvalue weighted by Crippen LogP contribution is -2.39. The van der Waals surface area contributed by atoms with Crippen LogP contribution in [-0.2, 0) is 12.8 Å². The molecule has 3 heterocycles. The highest BCUT2D eigenvalue weighted by Gasteiger charge is 2.34. The summed E-state index contributed by atoms with van der Waals surface area (Å²) in [6.07, 6.45) is 7.81. The van der Waals surface area contributed by atoms with Crippen molar-refractivity contribution in [2.24, 2.45) is 0 Å². The summed E-state index contributed by atoms with van der Waals surface area (Å²) >= 11 is 0. The summed E-state index contributed by atoms with van der Waals surface area (Å²) in [6.45, 7) is 3.76. The van der Waals surface area contributed by atoms with Gasteiger partial charge in [-0.3, -0.25) is 4.79 Å². The Morgan fingerprint density at radius 1 is 1.07 bits per heavy atom. The van der Waals surface area contributed by atoms with Gasteiger partial charge in [-0.2, -0.15) is 5.10 Å². The van der Waals surface area contributed by atoms with Crippen LogP contribution in [0.5, 0.6) is 0 Å². The van der Waals surface area contributed by atoms with E-state index in [2.05, 4.69) is 36.5 Å². The zero-order chi connectivity index (χ0) is 18.4. The molecule has 0 radical (unpaired) electrons. The van der Waals surface area contributed by atoms with Crippen molar-refractivity contribution in [3.63, 3.8) is 0 Å². The number of benzene rings is 1. The molecule has 5 rings (SSSR count). The van der Waals surface area contributed by atoms with E-state index in [0.717, 1.165) is 44.5 Å². The fraction of sp³-hybridized carbons (Fsp3) is 0.545. The molecule has 1 aromatic carbocycles. The average molecular weight is 401 g/mol. The Morgan fingerprint density at radius 3 is 2.64 bits per heavy atom. The van der Waals surface area contributed by atoms with Crippen LogP contribution in [0.4, 0.5) is 0 Å². The van der Waals surface area contributed by atoms with Crippen molar-refractivity contribution < 1.29 is 4.79 Å². The maximum Gasteiger partial charge on any atom is 0.274 e. The van der Waals surface area contributed by atoms with Gasteiger partial charge in [0.2, 0.25) is 0 Å². The molecule has 5 nitrogen and oxygen atoms in total. The SMILES string of the molecule is Cc1ccc(-n2nc(C(=O)N3CCC4CCC(C3)N4)c3c2CCCC3)cc1.Cl. The Bertz CT molecular complexity index is 860. The first-order chi connectivity index (χ1) is 13.2. The van der Waals surface area contributed by atoms with E-state index in [0.29, 0.717) is 17.8 Å². The fourth-order valence-corrected chi connectivity index (χ4v) is 4.95. The van der Waals surface area contributed by atoms with E-state index in [4.69, 9.17) is 5.10 Å². The second-order valence-electron chi connectivity index (χ2n) is 8.41. The molecule has 0 saturated carbocycles. The van der Waals surface area contributed by atoms with E-state index in [-0.39, 0.29) is 18.3 Å². The second-order valence-corrected chi connectivity index (χ2v) is 8.41. The van der Waals surface area contributed by atoms with Gasteiger partial charge in [-0.05, 0) is 64.0 Å². The number of carbonyl (C=O) groups excluding carboxylic acids is 1. The predicted molar refractivity (Wildman–Crippen MR) is 113 cm³/mol. The van der Waals surface area contributed by atoms with Crippen molar-refractivity contribution in [2.75, 3.05) is 13.1 Å². The first kappa shape index (κ1) is 19.5. The Balaban J connectivity index is 0.00000192. The summed E-state index contributed by atoms with van der Waals surface area (Å²) in [5.41, 5.74) is 5.43. The lowest BCUT2D eigenvalue weighted by molar-refractivity contribution is 0.0740. The summed E-state index contributed by atoms with van der Waals surface area (Å²) < 4.78 is 2.03. The maximum atomic E-state index is 13.4. The number of hydrogen-bond acceptors (Lipinski definition) is 3. The van der Waals surface area contributed by atoms with Crippen molar-refractivity contribution in [1.29, 1.82) is 0 Å². The van der Waals surface area contributed by atoms with Crippen LogP contribution in [0.15, 0.2) is 24.3 Å². The lowest BCUT2D eigenvalue weighted by atomic mass is 9.95. The summed E-state index contributed by atoms with van der Waals surface area (Å²) in [4.78, 5) is 15.5. The Morgan fingerprint density at radius 2 is 1.82 bits per heavy atom. The smallest absolute Gasteiger partial charge is 0.274 e. The minimum absolute atomic E-state index is 0. The molecule has 2 bridgehead atoms. The van der Waals surface area contributed by atoms with Crippen molar-refractivity contribution in [2.45, 2.75) is 64.0 Å². The normalized spacial score (nSPS) is 23.7. The zero-order valence-corrected chi connectivity index (χ0v) is 17.3. The van der Waals surface area contributed by atoms with Crippen molar-refractivity contribution in [3.8, 4) is 5.69 Å². The largest absolute Gasteiger partial charge is 0.336 e. The first-order valence-corrected chi connectivity index (χ1v) is 10.4. The summed E-state index contributed by atoms with van der Waals surface area (Å²) in [5, 5.41) is 8.53. The molecule has 2 aromatic rings. The molecule has 2 fully saturated rings. The van der Waals surface area contributed by atoms with E-state index in [1.54, 1.807) is 0 Å². The number of hydrogen-bond donors (Lipinski definition) is 1. The standard InChI is InChI=1S/C22H28N4O.ClH/c1-15-6-10-18(11-7-15)26-20-5-3-2-4-19(20)21(24-26)22(27)25-13-12-16-8-9-17(14-25)23-16;/h6-7,10-11,16-17,23H,2-5,8-9,12-14H2,1H3;1H. The molecule has 1 aromatic heterocycles. The van der Waals surface area contributed by atoms with Crippen LogP contribution in [-0.4, -0.2) is 45.8 Å². The quantitative estimate of drug-likeness (QED) is 0.839. The maximum absolute atomic E-state index is 13.4. The second kappa shape index (κ2) is 7.88. The van der Waals surface area contributed by atoms with Crippen LogP contribution < -0.4 is 5.32 Å². The molecule has 3 aliphatic rings. The van der Waals surface area contributed by atoms with Gasteiger partial charge in [0, 0.05) is 36.4 Å². The van der Waals surface area contributed by atoms with Crippen LogP contribution in [0.1, 0.15) is 59.4 Å². The van der Waals surface area contributed by atoms with E-state index in [1.807, 2.05) is 9.58 Å². The zero-order valence-electron chi connectivity index (χ0n) is 16.5. The molecule has 2 saturated heterocycles. The highest BCUT2D eigenvalue weighted by molar-refractivity contribution is 5.94. The van der Waals surface area contributed by atoms with Crippen LogP contribution in [0.25, 0.3) is 5.69 Å². The Kier molecular flexibility index (Phi) is 5.48. The van der Waals surface area contributed by atoms with Crippen LogP contribution >= 0.6 is 12.4 Å². The van der Waals surface area contributed by atoms with Gasteiger partial charge in [0.25, 0.3) is 5.91 Å². The molecule has 0 spiro atoms. The molecule has 2 aliphatic heterocycles. The molecular formula is C22H29ClN4O. The molecule has 2 unspecified atom stereocenters. The third-order valence-electron chi connectivity index (χ3n) is 6.47. The molecule has 1 amide bonds. The number of likely N-dealkylation sites (tertiary alicyclic amines) is 1. The van der Waals surface area contributed by atoms with Gasteiger partial charge in [-0.1, -0.05) is 17.7 Å². The van der Waals surface area contributed by atoms with E-state index >= 15 is 0 Å². The number of nitrogens with zero attached hydrogens (tertiary/aromatic N) is 3. The molecule has 28 heavy (non-hydrogen) atoms. The minimum atomic E-state index is 0. The highest BCUT2D eigenvalue weighted by Crippen LogP contribution is 2.29. The number of nitrogens with one attached hydrogen (secondary N) is 1. The topological polar surface area (TPSA) is 50.2 Å². The number of halogens is 1. The third-order valence-corrected chi connectivity index (χ3v) is 6.47. The minimum Gasteiger partial charge on any atom is -0.336 e. The molecule has 150 valence electrons. The number of aromatic nitrogens is 2. The summed E-state index contributed by atoms with van der Waals surface area (Å²) in [5.74, 6) is 0.133. The molecule has 2 atom stereocenters. The number of rotatable bonds is 2. The molecule has 1 N–H and O–H groups in total. The van der Waals surface area contributed by atoms with Crippen LogP contribution in [0.2, 0.25) is 0 Å². The predicted octanol–water partition coefficient (Wildman–Crippen LogP) is 3.45. The average Bonchev–Trinajstić information content (AvgIpc) is 3.22. The van der Waals surface area contributed by atoms with E-state index in [9.17, 15) is 4.79 Å². The van der Waals surface area contributed by atoms with Crippen molar-refractivity contribution in [3.05, 3.63) is 46.8 Å². The Labute approximate surface area is 172 Å². The van der Waals surface area contributed by atoms with E-state index < -0.39 is 0 Å². The number of aryl methyl sites for hydroxylation is 1. The Hall–Kier alpha value is -1.85. The van der Waals surface area contributed by atoms with Gasteiger partial charge >= 0.3 is 0 Å². The van der Waals surface area contributed by atoms with Crippen LogP contribution in [0, 0.1) is 6.92 Å². The number of fused-ring (bicyclic) bond motifs is 3. The summed E-state index contributed by atoms with van der Waals surface area (Å²) in [7, 11) is 0. The van der Waals surface area contributed by atoms with Crippen molar-refractivity contribution in [1.82, 2.24) is 20.0 Å². The third kappa shape index (κ3) is 3.46. The van der Waals surface area contributed by atoms with Gasteiger partial charge < -0.3 is 10.2 Å². The summed E-state index contributed by atoms with van der Waals surface area (Å²) in [6, 6.07) is 9.50. The number of carbonyl (C=O) groups is 1. The fourth-order valence-electron chi connectivity index (χ4n) is 4.95. The van der Waals surface area contributed by atoms with Gasteiger partial charge in [-0.25, -0.2) is 4.68 Å². The molecule has 1 aliphatic carbocycles. The van der Waals surface area contributed by atoms with Crippen molar-refractivity contribution >= 4 is 18.3 Å². The monoisotopic (exact) mass is 400 g/mol. The van der Waals surface area contributed by atoms with Gasteiger partial charge in [0.1, 0.15) is 0 Å². The van der Waals surface area contributed by atoms with Gasteiger partial charge in [0.15, 0.2) is 5.69 Å². The first-order valence-electron chi connectivity index (χ1n) is 10.4. The van der Waals surface area contributed by atoms with Gasteiger partial charge in [0.05, 0.1) is 5.69 Å². The number of amides is 1. The van der Waals surface area contributed by atoms with E-state index in [1.165, 1.54) is 36.1 Å². The van der Waals surface area contributed by atoms with Gasteiger partial charge in [-0.15, -0.1) is 12.4 Å². The lowest BCUT2D eigenvalue weighted by Gasteiger charge is -2.24. The molecular weight excluding hydrogens is 372 g/mol. The van der Waals surface area contributed by atoms with Crippen LogP contribution in [0.3, 0.4) is 0 Å². The molecule has 6 heteroatoms.